The lowest BCUT2D eigenvalue weighted by molar-refractivity contribution is 0.593. The third-order valence-electron chi connectivity index (χ3n) is 2.07. The van der Waals surface area contributed by atoms with E-state index >= 15 is 0 Å². The van der Waals surface area contributed by atoms with Crippen LogP contribution in [0.2, 0.25) is 5.15 Å². The lowest BCUT2D eigenvalue weighted by atomic mass is 10.3. The van der Waals surface area contributed by atoms with Gasteiger partial charge in [0.2, 0.25) is 0 Å². The number of nitrogens with zero attached hydrogens (tertiary/aromatic N) is 2. The quantitative estimate of drug-likeness (QED) is 0.906. The Morgan fingerprint density at radius 1 is 1.21 bits per heavy atom. The SMILES string of the molecule is O=S(=O)(Nc1ccc(Cl)nn1)c1ccc(Br)c(F)c1. The number of anilines is 1. The monoisotopic (exact) mass is 365 g/mol. The third-order valence-corrected chi connectivity index (χ3v) is 4.27. The fraction of sp³-hybridized carbons (Fsp3) is 0. The molecule has 0 saturated heterocycles. The van der Waals surface area contributed by atoms with E-state index in [2.05, 4.69) is 30.8 Å². The summed E-state index contributed by atoms with van der Waals surface area (Å²) >= 11 is 8.48. The van der Waals surface area contributed by atoms with Crippen LogP contribution in [-0.2, 0) is 10.0 Å². The van der Waals surface area contributed by atoms with E-state index in [0.29, 0.717) is 0 Å². The van der Waals surface area contributed by atoms with Gasteiger partial charge in [0.25, 0.3) is 10.0 Å². The van der Waals surface area contributed by atoms with E-state index in [9.17, 15) is 12.8 Å². The number of sulfonamides is 1. The highest BCUT2D eigenvalue weighted by Gasteiger charge is 2.16. The van der Waals surface area contributed by atoms with Gasteiger partial charge in [-0.1, -0.05) is 11.6 Å². The molecule has 0 atom stereocenters. The van der Waals surface area contributed by atoms with Gasteiger partial charge in [0.1, 0.15) is 5.82 Å². The molecule has 0 aliphatic carbocycles. The zero-order chi connectivity index (χ0) is 14.0. The zero-order valence-electron chi connectivity index (χ0n) is 9.14. The molecule has 1 aromatic heterocycles. The minimum absolute atomic E-state index is 0.00673. The van der Waals surface area contributed by atoms with E-state index in [1.807, 2.05) is 0 Å². The average Bonchev–Trinajstić information content (AvgIpc) is 2.35. The van der Waals surface area contributed by atoms with Crippen LogP contribution < -0.4 is 4.72 Å². The van der Waals surface area contributed by atoms with E-state index in [1.54, 1.807) is 0 Å². The molecule has 0 bridgehead atoms. The highest BCUT2D eigenvalue weighted by molar-refractivity contribution is 9.10. The molecule has 1 heterocycles. The van der Waals surface area contributed by atoms with Crippen LogP contribution in [0.1, 0.15) is 0 Å². The predicted molar refractivity (Wildman–Crippen MR) is 72.0 cm³/mol. The second-order valence-electron chi connectivity index (χ2n) is 3.42. The first kappa shape index (κ1) is 14.2. The Balaban J connectivity index is 2.32. The van der Waals surface area contributed by atoms with Gasteiger partial charge < -0.3 is 0 Å². The van der Waals surface area contributed by atoms with Crippen molar-refractivity contribution >= 4 is 43.4 Å². The van der Waals surface area contributed by atoms with Crippen LogP contribution in [0.3, 0.4) is 0 Å². The first-order chi connectivity index (χ1) is 8.88. The average molecular weight is 367 g/mol. The summed E-state index contributed by atoms with van der Waals surface area (Å²) < 4.78 is 39.6. The van der Waals surface area contributed by atoms with Crippen LogP contribution in [-0.4, -0.2) is 18.6 Å². The number of halogens is 3. The largest absolute Gasteiger partial charge is 0.263 e. The summed E-state index contributed by atoms with van der Waals surface area (Å²) in [6.07, 6.45) is 0. The first-order valence-corrected chi connectivity index (χ1v) is 7.51. The molecule has 2 aromatic rings. The van der Waals surface area contributed by atoms with Gasteiger partial charge in [0.05, 0.1) is 9.37 Å². The van der Waals surface area contributed by atoms with Crippen molar-refractivity contribution in [1.82, 2.24) is 10.2 Å². The summed E-state index contributed by atoms with van der Waals surface area (Å²) in [5.74, 6) is -0.683. The van der Waals surface area contributed by atoms with Crippen molar-refractivity contribution in [2.75, 3.05) is 4.72 Å². The number of rotatable bonds is 3. The summed E-state index contributed by atoms with van der Waals surface area (Å²) in [6.45, 7) is 0. The summed E-state index contributed by atoms with van der Waals surface area (Å²) in [7, 11) is -3.92. The summed E-state index contributed by atoms with van der Waals surface area (Å²) in [6, 6.07) is 6.20. The fourth-order valence-electron chi connectivity index (χ4n) is 1.21. The van der Waals surface area contributed by atoms with Gasteiger partial charge in [-0.3, -0.25) is 4.72 Å². The third kappa shape index (κ3) is 3.40. The Kier molecular flexibility index (Phi) is 4.02. The van der Waals surface area contributed by atoms with E-state index in [-0.39, 0.29) is 20.3 Å². The van der Waals surface area contributed by atoms with Gasteiger partial charge in [0.15, 0.2) is 11.0 Å². The zero-order valence-corrected chi connectivity index (χ0v) is 12.3. The molecule has 0 spiro atoms. The molecule has 100 valence electrons. The molecule has 2 rings (SSSR count). The number of hydrogen-bond donors (Lipinski definition) is 1. The van der Waals surface area contributed by atoms with Crippen LogP contribution >= 0.6 is 27.5 Å². The summed E-state index contributed by atoms with van der Waals surface area (Å²) in [5.41, 5.74) is 0. The lowest BCUT2D eigenvalue weighted by Gasteiger charge is -2.07. The fourth-order valence-corrected chi connectivity index (χ4v) is 2.57. The Hall–Kier alpha value is -1.25. The molecule has 1 aromatic carbocycles. The van der Waals surface area contributed by atoms with Crippen LogP contribution in [0, 0.1) is 5.82 Å². The molecule has 0 unspecified atom stereocenters. The van der Waals surface area contributed by atoms with Crippen molar-refractivity contribution in [3.8, 4) is 0 Å². The molecular formula is C10H6BrClFN3O2S. The van der Waals surface area contributed by atoms with Crippen molar-refractivity contribution in [3.63, 3.8) is 0 Å². The Morgan fingerprint density at radius 2 is 1.95 bits per heavy atom. The molecule has 9 heteroatoms. The number of aromatic nitrogens is 2. The van der Waals surface area contributed by atoms with Crippen molar-refractivity contribution in [2.45, 2.75) is 4.90 Å². The highest BCUT2D eigenvalue weighted by Crippen LogP contribution is 2.21. The molecule has 0 aliphatic heterocycles. The second-order valence-corrected chi connectivity index (χ2v) is 6.35. The lowest BCUT2D eigenvalue weighted by Crippen LogP contribution is -2.14. The summed E-state index contributed by atoms with van der Waals surface area (Å²) in [5, 5.41) is 7.19. The van der Waals surface area contributed by atoms with E-state index in [4.69, 9.17) is 11.6 Å². The van der Waals surface area contributed by atoms with E-state index in [0.717, 1.165) is 6.07 Å². The smallest absolute Gasteiger partial charge is 0.262 e. The van der Waals surface area contributed by atoms with Crippen LogP contribution in [0.4, 0.5) is 10.2 Å². The minimum Gasteiger partial charge on any atom is -0.262 e. The second kappa shape index (κ2) is 5.40. The molecular weight excluding hydrogens is 361 g/mol. The topological polar surface area (TPSA) is 72.0 Å². The highest BCUT2D eigenvalue weighted by atomic mass is 79.9. The van der Waals surface area contributed by atoms with Gasteiger partial charge in [-0.2, -0.15) is 0 Å². The van der Waals surface area contributed by atoms with E-state index < -0.39 is 15.8 Å². The molecule has 5 nitrogen and oxygen atoms in total. The molecule has 0 fully saturated rings. The molecule has 1 N–H and O–H groups in total. The van der Waals surface area contributed by atoms with Gasteiger partial charge in [0, 0.05) is 0 Å². The van der Waals surface area contributed by atoms with E-state index in [1.165, 1.54) is 24.3 Å². The number of nitrogens with one attached hydrogen (secondary N) is 1. The van der Waals surface area contributed by atoms with Crippen LogP contribution in [0.15, 0.2) is 39.7 Å². The normalized spacial score (nSPS) is 11.3. The maximum absolute atomic E-state index is 13.3. The molecule has 19 heavy (non-hydrogen) atoms. The maximum atomic E-state index is 13.3. The number of benzene rings is 1. The van der Waals surface area contributed by atoms with Crippen molar-refractivity contribution in [1.29, 1.82) is 0 Å². The van der Waals surface area contributed by atoms with Crippen molar-refractivity contribution in [2.24, 2.45) is 0 Å². The van der Waals surface area contributed by atoms with Crippen LogP contribution in [0.25, 0.3) is 0 Å². The number of hydrogen-bond acceptors (Lipinski definition) is 4. The Morgan fingerprint density at radius 3 is 2.53 bits per heavy atom. The predicted octanol–water partition coefficient (Wildman–Crippen LogP) is 2.83. The minimum atomic E-state index is -3.92. The van der Waals surface area contributed by atoms with Crippen molar-refractivity contribution in [3.05, 3.63) is 45.8 Å². The standard InChI is InChI=1S/C10H6BrClFN3O2S/c11-7-2-1-6(5-8(7)13)19(17,18)16-10-4-3-9(12)14-15-10/h1-5H,(H,15,16). The van der Waals surface area contributed by atoms with Gasteiger partial charge >= 0.3 is 0 Å². The maximum Gasteiger partial charge on any atom is 0.263 e. The van der Waals surface area contributed by atoms with Gasteiger partial charge in [-0.15, -0.1) is 10.2 Å². The first-order valence-electron chi connectivity index (χ1n) is 4.85. The Bertz CT molecular complexity index is 709. The van der Waals surface area contributed by atoms with Gasteiger partial charge in [-0.25, -0.2) is 12.8 Å². The molecule has 0 radical (unpaired) electrons. The molecule has 0 amide bonds. The van der Waals surface area contributed by atoms with Crippen molar-refractivity contribution < 1.29 is 12.8 Å². The molecule has 0 saturated carbocycles. The summed E-state index contributed by atoms with van der Waals surface area (Å²) in [4.78, 5) is -0.218. The van der Waals surface area contributed by atoms with Gasteiger partial charge in [-0.05, 0) is 46.3 Å². The molecule has 0 aliphatic rings. The van der Waals surface area contributed by atoms with Crippen LogP contribution in [0.5, 0.6) is 0 Å². The Labute approximate surface area is 122 Å².